The molecule has 0 saturated heterocycles. The Bertz CT molecular complexity index is 744. The van der Waals surface area contributed by atoms with Crippen molar-refractivity contribution in [2.75, 3.05) is 0 Å². The molecule has 1 amide bonds. The van der Waals surface area contributed by atoms with Crippen LogP contribution in [0.25, 0.3) is 0 Å². The lowest BCUT2D eigenvalue weighted by molar-refractivity contribution is -0.123. The van der Waals surface area contributed by atoms with E-state index in [0.29, 0.717) is 31.0 Å². The number of rotatable bonds is 7. The molecule has 30 heavy (non-hydrogen) atoms. The highest BCUT2D eigenvalue weighted by molar-refractivity contribution is 5.75. The first-order chi connectivity index (χ1) is 14.2. The molecule has 0 aromatic carbocycles. The summed E-state index contributed by atoms with van der Waals surface area (Å²) in [6.07, 6.45) is 12.7. The predicted octanol–water partition coefficient (Wildman–Crippen LogP) is 3.96. The molecule has 1 aromatic heterocycles. The first kappa shape index (κ1) is 21.8. The molecule has 3 fully saturated rings. The van der Waals surface area contributed by atoms with Gasteiger partial charge < -0.3 is 15.7 Å². The van der Waals surface area contributed by atoms with Crippen molar-refractivity contribution in [2.24, 2.45) is 16.7 Å². The number of carbonyl (C=O) groups excluding carboxylic acids is 1. The van der Waals surface area contributed by atoms with Crippen LogP contribution in [0.15, 0.2) is 24.5 Å². The van der Waals surface area contributed by atoms with Gasteiger partial charge in [0.25, 0.3) is 0 Å². The van der Waals surface area contributed by atoms with Crippen molar-refractivity contribution in [3.05, 3.63) is 30.1 Å². The van der Waals surface area contributed by atoms with Crippen LogP contribution < -0.4 is 10.6 Å². The van der Waals surface area contributed by atoms with E-state index in [9.17, 15) is 9.90 Å². The zero-order valence-corrected chi connectivity index (χ0v) is 18.9. The van der Waals surface area contributed by atoms with Crippen molar-refractivity contribution >= 4 is 5.91 Å². The number of pyridine rings is 1. The molecule has 3 N–H and O–H groups in total. The Labute approximate surface area is 181 Å². The highest BCUT2D eigenvalue weighted by Gasteiger charge is 2.61. The third-order valence-corrected chi connectivity index (χ3v) is 8.41. The van der Waals surface area contributed by atoms with Gasteiger partial charge in [-0.2, -0.15) is 0 Å². The number of hydrogen-bond acceptors (Lipinski definition) is 4. The number of amides is 1. The van der Waals surface area contributed by atoms with Crippen LogP contribution in [0.5, 0.6) is 0 Å². The van der Waals surface area contributed by atoms with Crippen LogP contribution in [0.2, 0.25) is 0 Å². The minimum atomic E-state index is -0.584. The van der Waals surface area contributed by atoms with Crippen molar-refractivity contribution in [3.63, 3.8) is 0 Å². The number of hydrogen-bond donors (Lipinski definition) is 3. The van der Waals surface area contributed by atoms with Crippen molar-refractivity contribution in [2.45, 2.75) is 103 Å². The molecule has 4 rings (SSSR count). The Morgan fingerprint density at radius 3 is 2.70 bits per heavy atom. The smallest absolute Gasteiger partial charge is 0.220 e. The zero-order valence-electron chi connectivity index (χ0n) is 18.9. The Kier molecular flexibility index (Phi) is 5.97. The van der Waals surface area contributed by atoms with E-state index in [-0.39, 0.29) is 16.7 Å². The lowest BCUT2D eigenvalue weighted by Crippen LogP contribution is -2.54. The molecule has 0 bridgehead atoms. The lowest BCUT2D eigenvalue weighted by atomic mass is 9.57. The summed E-state index contributed by atoms with van der Waals surface area (Å²) >= 11 is 0. The molecule has 0 radical (unpaired) electrons. The predicted molar refractivity (Wildman–Crippen MR) is 119 cm³/mol. The maximum Gasteiger partial charge on any atom is 0.220 e. The number of fused-ring (bicyclic) bond motifs is 1. The molecule has 3 saturated carbocycles. The molecule has 0 spiro atoms. The fraction of sp³-hybridized carbons (Fsp3) is 0.760. The highest BCUT2D eigenvalue weighted by atomic mass is 16.3. The van der Waals surface area contributed by atoms with Gasteiger partial charge in [0.1, 0.15) is 0 Å². The number of nitrogens with zero attached hydrogens (tertiary/aromatic N) is 1. The van der Waals surface area contributed by atoms with Crippen LogP contribution in [-0.4, -0.2) is 33.7 Å². The van der Waals surface area contributed by atoms with Gasteiger partial charge in [-0.1, -0.05) is 26.3 Å². The highest BCUT2D eigenvalue weighted by Crippen LogP contribution is 2.64. The molecular formula is C25H39N3O2. The second-order valence-corrected chi connectivity index (χ2v) is 11.2. The van der Waals surface area contributed by atoms with Gasteiger partial charge in [-0.05, 0) is 80.2 Å². The van der Waals surface area contributed by atoms with E-state index >= 15 is 0 Å². The van der Waals surface area contributed by atoms with Gasteiger partial charge in [0.15, 0.2) is 0 Å². The summed E-state index contributed by atoms with van der Waals surface area (Å²) in [5.41, 5.74) is 0.729. The Morgan fingerprint density at radius 2 is 2.03 bits per heavy atom. The summed E-state index contributed by atoms with van der Waals surface area (Å²) in [5.74, 6) is 0.564. The molecule has 4 atom stereocenters. The van der Waals surface area contributed by atoms with Crippen LogP contribution >= 0.6 is 0 Å². The van der Waals surface area contributed by atoms with E-state index in [4.69, 9.17) is 0 Å². The first-order valence-electron chi connectivity index (χ1n) is 11.8. The molecule has 1 aromatic rings. The molecule has 5 nitrogen and oxygen atoms in total. The second kappa shape index (κ2) is 8.23. The number of aromatic nitrogens is 1. The number of aliphatic hydroxyl groups is 1. The second-order valence-electron chi connectivity index (χ2n) is 11.2. The third-order valence-electron chi connectivity index (χ3n) is 8.41. The largest absolute Gasteiger partial charge is 0.390 e. The van der Waals surface area contributed by atoms with Gasteiger partial charge in [0, 0.05) is 37.4 Å². The Morgan fingerprint density at radius 1 is 1.23 bits per heavy atom. The first-order valence-corrected chi connectivity index (χ1v) is 11.8. The van der Waals surface area contributed by atoms with Gasteiger partial charge in [0.2, 0.25) is 5.91 Å². The molecule has 1 heterocycles. The monoisotopic (exact) mass is 413 g/mol. The molecule has 0 aliphatic heterocycles. The average molecular weight is 414 g/mol. The van der Waals surface area contributed by atoms with E-state index in [1.54, 1.807) is 12.4 Å². The van der Waals surface area contributed by atoms with Crippen LogP contribution in [0.4, 0.5) is 0 Å². The van der Waals surface area contributed by atoms with Gasteiger partial charge in [-0.15, -0.1) is 0 Å². The maximum absolute atomic E-state index is 12.7. The van der Waals surface area contributed by atoms with E-state index in [2.05, 4.69) is 29.5 Å². The van der Waals surface area contributed by atoms with Crippen LogP contribution in [0.3, 0.4) is 0 Å². The molecular weight excluding hydrogens is 374 g/mol. The van der Waals surface area contributed by atoms with Crippen molar-refractivity contribution < 1.29 is 9.90 Å². The van der Waals surface area contributed by atoms with Gasteiger partial charge >= 0.3 is 0 Å². The van der Waals surface area contributed by atoms with E-state index in [1.165, 1.54) is 19.3 Å². The molecule has 5 heteroatoms. The maximum atomic E-state index is 12.7. The lowest BCUT2D eigenvalue weighted by Gasteiger charge is -2.51. The fourth-order valence-electron chi connectivity index (χ4n) is 6.46. The summed E-state index contributed by atoms with van der Waals surface area (Å²) in [6, 6.07) is 4.98. The molecule has 166 valence electrons. The van der Waals surface area contributed by atoms with Crippen molar-refractivity contribution in [1.29, 1.82) is 0 Å². The van der Waals surface area contributed by atoms with Gasteiger partial charge in [-0.25, -0.2) is 0 Å². The van der Waals surface area contributed by atoms with Crippen molar-refractivity contribution in [1.82, 2.24) is 15.6 Å². The molecule has 3 aliphatic rings. The van der Waals surface area contributed by atoms with Crippen LogP contribution in [0, 0.1) is 16.7 Å². The van der Waals surface area contributed by atoms with E-state index < -0.39 is 5.60 Å². The zero-order chi connectivity index (χ0) is 21.4. The third kappa shape index (κ3) is 4.43. The topological polar surface area (TPSA) is 74.2 Å². The number of nitrogens with one attached hydrogen (secondary N) is 2. The van der Waals surface area contributed by atoms with Gasteiger partial charge in [-0.3, -0.25) is 9.78 Å². The summed E-state index contributed by atoms with van der Waals surface area (Å²) in [5, 5.41) is 18.0. The number of carbonyl (C=O) groups is 1. The van der Waals surface area contributed by atoms with Crippen LogP contribution in [-0.2, 0) is 11.3 Å². The minimum Gasteiger partial charge on any atom is -0.390 e. The molecule has 3 aliphatic carbocycles. The normalized spacial score (nSPS) is 35.5. The summed E-state index contributed by atoms with van der Waals surface area (Å²) < 4.78 is 0. The van der Waals surface area contributed by atoms with Crippen LogP contribution in [0.1, 0.15) is 84.1 Å². The fourth-order valence-corrected chi connectivity index (χ4v) is 6.46. The Hall–Kier alpha value is -1.46. The molecule has 0 unspecified atom stereocenters. The van der Waals surface area contributed by atoms with Crippen molar-refractivity contribution in [3.8, 4) is 0 Å². The summed E-state index contributed by atoms with van der Waals surface area (Å²) in [6.45, 7) is 7.28. The Balaban J connectivity index is 1.46. The quantitative estimate of drug-likeness (QED) is 0.633. The van der Waals surface area contributed by atoms with Gasteiger partial charge in [0.05, 0.1) is 5.60 Å². The van der Waals surface area contributed by atoms with E-state index in [1.807, 2.05) is 19.1 Å². The average Bonchev–Trinajstić information content (AvgIpc) is 2.88. The SMILES string of the molecule is CC1(C)C[C@H](NC2CCC2)[C@]2(CCC(=O)NCc3cccnc3)CC[C@@](C)(O)C[C@@H]12. The summed E-state index contributed by atoms with van der Waals surface area (Å²) in [7, 11) is 0. The summed E-state index contributed by atoms with van der Waals surface area (Å²) in [4.78, 5) is 16.8. The standard InChI is InChI=1S/C25H39N3O2/c1-23(2)15-21(28-19-7-4-8-19)25(12-11-24(3,30)14-20(23)25)10-9-22(29)27-17-18-6-5-13-26-16-18/h5-6,13,16,19-21,28,30H,4,7-12,14-15,17H2,1-3H3,(H,27,29)/t20-,21-,24+,25+/m0/s1. The minimum absolute atomic E-state index is 0.104. The van der Waals surface area contributed by atoms with E-state index in [0.717, 1.165) is 37.7 Å².